The number of rotatable bonds is 7. The molecule has 2 N–H and O–H groups in total. The first-order valence-electron chi connectivity index (χ1n) is 9.81. The Kier molecular flexibility index (Phi) is 6.07. The monoisotopic (exact) mass is 383 g/mol. The molecule has 0 atom stereocenters. The van der Waals surface area contributed by atoms with E-state index < -0.39 is 5.82 Å². The van der Waals surface area contributed by atoms with E-state index in [2.05, 4.69) is 15.6 Å². The van der Waals surface area contributed by atoms with Crippen molar-refractivity contribution >= 4 is 11.8 Å². The molecule has 0 radical (unpaired) electrons. The van der Waals surface area contributed by atoms with E-state index in [1.54, 1.807) is 25.1 Å². The van der Waals surface area contributed by atoms with E-state index in [9.17, 15) is 14.0 Å². The van der Waals surface area contributed by atoms with E-state index in [1.807, 2.05) is 13.8 Å². The van der Waals surface area contributed by atoms with Crippen molar-refractivity contribution in [2.45, 2.75) is 58.5 Å². The van der Waals surface area contributed by atoms with Crippen molar-refractivity contribution < 1.29 is 14.0 Å². The molecule has 1 aliphatic rings. The summed E-state index contributed by atoms with van der Waals surface area (Å²) >= 11 is 0. The molecule has 1 aliphatic carbocycles. The fourth-order valence-corrected chi connectivity index (χ4v) is 3.02. The molecular weight excluding hydrogens is 357 g/mol. The van der Waals surface area contributed by atoms with Gasteiger partial charge in [0.2, 0.25) is 0 Å². The quantitative estimate of drug-likeness (QED) is 0.759. The van der Waals surface area contributed by atoms with Crippen LogP contribution in [0.3, 0.4) is 0 Å². The summed E-state index contributed by atoms with van der Waals surface area (Å²) in [5.41, 5.74) is 2.23. The molecule has 2 amide bonds. The Morgan fingerprint density at radius 3 is 2.43 bits per heavy atom. The number of nitrogens with one attached hydrogen (secondary N) is 2. The van der Waals surface area contributed by atoms with Crippen molar-refractivity contribution in [2.24, 2.45) is 0 Å². The molecule has 1 heterocycles. The average Bonchev–Trinajstić information content (AvgIpc) is 3.52. The van der Waals surface area contributed by atoms with Crippen LogP contribution in [-0.4, -0.2) is 28.9 Å². The zero-order chi connectivity index (χ0) is 20.3. The van der Waals surface area contributed by atoms with Gasteiger partial charge in [-0.1, -0.05) is 13.8 Å². The molecule has 1 fully saturated rings. The zero-order valence-electron chi connectivity index (χ0n) is 16.5. The fourth-order valence-electron chi connectivity index (χ4n) is 3.02. The Bertz CT molecular complexity index is 872. The number of amides is 2. The van der Waals surface area contributed by atoms with Crippen molar-refractivity contribution in [2.75, 3.05) is 0 Å². The third-order valence-corrected chi connectivity index (χ3v) is 5.14. The Hall–Kier alpha value is -2.76. The minimum atomic E-state index is -0.448. The van der Waals surface area contributed by atoms with Crippen LogP contribution >= 0.6 is 0 Å². The van der Waals surface area contributed by atoms with E-state index in [0.29, 0.717) is 22.4 Å². The van der Waals surface area contributed by atoms with Crippen LogP contribution in [0.25, 0.3) is 11.3 Å². The van der Waals surface area contributed by atoms with Crippen LogP contribution in [0.1, 0.15) is 65.8 Å². The summed E-state index contributed by atoms with van der Waals surface area (Å²) in [6, 6.07) is 6.60. The summed E-state index contributed by atoms with van der Waals surface area (Å²) in [6.07, 6.45) is 5.15. The van der Waals surface area contributed by atoms with E-state index >= 15 is 0 Å². The second-order valence-electron chi connectivity index (χ2n) is 7.30. The number of benzene rings is 1. The van der Waals surface area contributed by atoms with Gasteiger partial charge in [-0.25, -0.2) is 4.39 Å². The lowest BCUT2D eigenvalue weighted by molar-refractivity contribution is 0.0931. The molecule has 2 aromatic rings. The first kappa shape index (κ1) is 20.0. The zero-order valence-corrected chi connectivity index (χ0v) is 16.5. The van der Waals surface area contributed by atoms with Gasteiger partial charge in [-0.2, -0.15) is 0 Å². The standard InChI is InChI=1S/C22H26FN3O2/c1-4-16(5-2)25-21(27)14-6-9-20(24-12-14)18-10-15(11-19(23)13(18)3)22(28)26-17-7-8-17/h6,9-12,16-17H,4-5,7-8H2,1-3H3,(H,25,27)(H,26,28). The van der Waals surface area contributed by atoms with Crippen LogP contribution in [0, 0.1) is 12.7 Å². The Morgan fingerprint density at radius 1 is 1.14 bits per heavy atom. The minimum Gasteiger partial charge on any atom is -0.349 e. The lowest BCUT2D eigenvalue weighted by Gasteiger charge is -2.15. The lowest BCUT2D eigenvalue weighted by atomic mass is 10.00. The maximum Gasteiger partial charge on any atom is 0.253 e. The second kappa shape index (κ2) is 8.50. The first-order chi connectivity index (χ1) is 13.4. The third kappa shape index (κ3) is 4.55. The van der Waals surface area contributed by atoms with Gasteiger partial charge in [0.15, 0.2) is 0 Å². The number of halogens is 1. The van der Waals surface area contributed by atoms with Crippen LogP contribution < -0.4 is 10.6 Å². The molecule has 1 aromatic heterocycles. The predicted molar refractivity (Wildman–Crippen MR) is 107 cm³/mol. The number of pyridine rings is 1. The summed E-state index contributed by atoms with van der Waals surface area (Å²) < 4.78 is 14.4. The Morgan fingerprint density at radius 2 is 1.86 bits per heavy atom. The summed E-state index contributed by atoms with van der Waals surface area (Å²) in [5, 5.41) is 5.84. The van der Waals surface area contributed by atoms with Crippen molar-refractivity contribution in [3.05, 3.63) is 53.0 Å². The maximum atomic E-state index is 14.4. The second-order valence-corrected chi connectivity index (χ2v) is 7.30. The molecular formula is C22H26FN3O2. The van der Waals surface area contributed by atoms with E-state index in [-0.39, 0.29) is 29.5 Å². The predicted octanol–water partition coefficient (Wildman–Crippen LogP) is 4.01. The molecule has 148 valence electrons. The molecule has 1 aromatic carbocycles. The van der Waals surface area contributed by atoms with Gasteiger partial charge in [-0.3, -0.25) is 14.6 Å². The van der Waals surface area contributed by atoms with Gasteiger partial charge >= 0.3 is 0 Å². The molecule has 0 saturated heterocycles. The SMILES string of the molecule is CCC(CC)NC(=O)c1ccc(-c2cc(C(=O)NC3CC3)cc(F)c2C)nc1. The minimum absolute atomic E-state index is 0.130. The lowest BCUT2D eigenvalue weighted by Crippen LogP contribution is -2.33. The highest BCUT2D eigenvalue weighted by atomic mass is 19.1. The van der Waals surface area contributed by atoms with Gasteiger partial charge in [-0.05, 0) is 62.4 Å². The molecule has 6 heteroatoms. The summed E-state index contributed by atoms with van der Waals surface area (Å²) in [7, 11) is 0. The molecule has 0 unspecified atom stereocenters. The first-order valence-corrected chi connectivity index (χ1v) is 9.81. The van der Waals surface area contributed by atoms with Gasteiger partial charge in [0.25, 0.3) is 11.8 Å². The van der Waals surface area contributed by atoms with Crippen LogP contribution in [-0.2, 0) is 0 Å². The smallest absolute Gasteiger partial charge is 0.253 e. The van der Waals surface area contributed by atoms with Gasteiger partial charge < -0.3 is 10.6 Å². The van der Waals surface area contributed by atoms with Crippen molar-refractivity contribution in [1.82, 2.24) is 15.6 Å². The number of hydrogen-bond acceptors (Lipinski definition) is 3. The topological polar surface area (TPSA) is 71.1 Å². The molecule has 5 nitrogen and oxygen atoms in total. The van der Waals surface area contributed by atoms with Gasteiger partial charge in [0.1, 0.15) is 5.82 Å². The van der Waals surface area contributed by atoms with Crippen LogP contribution in [0.15, 0.2) is 30.5 Å². The number of hydrogen-bond donors (Lipinski definition) is 2. The highest BCUT2D eigenvalue weighted by molar-refractivity contribution is 5.96. The van der Waals surface area contributed by atoms with Gasteiger partial charge in [0.05, 0.1) is 11.3 Å². The molecule has 3 rings (SSSR count). The van der Waals surface area contributed by atoms with Gasteiger partial charge in [-0.15, -0.1) is 0 Å². The molecule has 0 bridgehead atoms. The van der Waals surface area contributed by atoms with Crippen LogP contribution in [0.5, 0.6) is 0 Å². The summed E-state index contributed by atoms with van der Waals surface area (Å²) in [4.78, 5) is 29.0. The third-order valence-electron chi connectivity index (χ3n) is 5.14. The van der Waals surface area contributed by atoms with E-state index in [0.717, 1.165) is 25.7 Å². The van der Waals surface area contributed by atoms with Crippen molar-refractivity contribution in [3.63, 3.8) is 0 Å². The van der Waals surface area contributed by atoms with E-state index in [1.165, 1.54) is 12.3 Å². The molecule has 1 saturated carbocycles. The Labute approximate surface area is 164 Å². The number of carbonyl (C=O) groups excluding carboxylic acids is 2. The summed E-state index contributed by atoms with van der Waals surface area (Å²) in [6.45, 7) is 5.71. The fraction of sp³-hybridized carbons (Fsp3) is 0.409. The normalized spacial score (nSPS) is 13.5. The molecule has 0 spiro atoms. The molecule has 28 heavy (non-hydrogen) atoms. The highest BCUT2D eigenvalue weighted by Gasteiger charge is 2.24. The largest absolute Gasteiger partial charge is 0.349 e. The number of aromatic nitrogens is 1. The van der Waals surface area contributed by atoms with E-state index in [4.69, 9.17) is 0 Å². The van der Waals surface area contributed by atoms with Crippen LogP contribution in [0.2, 0.25) is 0 Å². The van der Waals surface area contributed by atoms with Crippen LogP contribution in [0.4, 0.5) is 4.39 Å². The maximum absolute atomic E-state index is 14.4. The molecule has 0 aliphatic heterocycles. The number of carbonyl (C=O) groups is 2. The van der Waals surface area contributed by atoms with Crippen molar-refractivity contribution in [1.29, 1.82) is 0 Å². The highest BCUT2D eigenvalue weighted by Crippen LogP contribution is 2.26. The number of nitrogens with zero attached hydrogens (tertiary/aromatic N) is 1. The summed E-state index contributed by atoms with van der Waals surface area (Å²) in [5.74, 6) is -0.896. The average molecular weight is 383 g/mol. The van der Waals surface area contributed by atoms with Crippen molar-refractivity contribution in [3.8, 4) is 11.3 Å². The van der Waals surface area contributed by atoms with Gasteiger partial charge in [0, 0.05) is 29.4 Å². The Balaban J connectivity index is 1.83.